The molecule has 3 aromatic rings. The number of aryl methyl sites for hydroxylation is 2. The second-order valence-corrected chi connectivity index (χ2v) is 9.30. The zero-order valence-electron chi connectivity index (χ0n) is 20.5. The highest BCUT2D eigenvalue weighted by atomic mass is 16.2. The Morgan fingerprint density at radius 2 is 1.53 bits per heavy atom. The van der Waals surface area contributed by atoms with Gasteiger partial charge in [-0.1, -0.05) is 74.2 Å². The first-order chi connectivity index (χ1) is 16.6. The van der Waals surface area contributed by atoms with Crippen LogP contribution in [0, 0.1) is 13.8 Å². The van der Waals surface area contributed by atoms with Gasteiger partial charge in [0.05, 0.1) is 11.3 Å². The second-order valence-electron chi connectivity index (χ2n) is 9.30. The lowest BCUT2D eigenvalue weighted by molar-refractivity contribution is 0.0738. The molecule has 2 aromatic carbocycles. The van der Waals surface area contributed by atoms with Crippen LogP contribution in [0.2, 0.25) is 0 Å². The molecule has 1 aliphatic heterocycles. The fraction of sp³-hybridized carbons (Fsp3) is 0.414. The molecular weight excluding hydrogens is 420 g/mol. The van der Waals surface area contributed by atoms with Crippen molar-refractivity contribution in [3.05, 3.63) is 89.0 Å². The Labute approximate surface area is 203 Å². The molecule has 1 aliphatic rings. The number of fused-ring (bicyclic) bond motifs is 1. The van der Waals surface area contributed by atoms with Crippen LogP contribution in [0.4, 0.5) is 5.69 Å². The van der Waals surface area contributed by atoms with Gasteiger partial charge in [-0.05, 0) is 43.9 Å². The van der Waals surface area contributed by atoms with Gasteiger partial charge in [0.15, 0.2) is 0 Å². The van der Waals surface area contributed by atoms with Gasteiger partial charge in [0.25, 0.3) is 5.91 Å². The van der Waals surface area contributed by atoms with E-state index in [-0.39, 0.29) is 5.91 Å². The molecule has 0 saturated carbocycles. The van der Waals surface area contributed by atoms with E-state index in [1.54, 1.807) is 6.20 Å². The van der Waals surface area contributed by atoms with Crippen LogP contribution in [0.25, 0.3) is 0 Å². The van der Waals surface area contributed by atoms with Crippen LogP contribution >= 0.6 is 0 Å². The van der Waals surface area contributed by atoms with Crippen LogP contribution in [-0.2, 0) is 13.1 Å². The Morgan fingerprint density at radius 1 is 0.853 bits per heavy atom. The highest BCUT2D eigenvalue weighted by molar-refractivity contribution is 5.95. The third kappa shape index (κ3) is 6.22. The first kappa shape index (κ1) is 23.9. The van der Waals surface area contributed by atoms with E-state index in [1.807, 2.05) is 18.7 Å². The summed E-state index contributed by atoms with van der Waals surface area (Å²) >= 11 is 0. The molecule has 2 heterocycles. The molecule has 0 spiro atoms. The molecule has 0 aliphatic carbocycles. The topological polar surface area (TPSA) is 49.3 Å². The number of amides is 1. The molecule has 1 amide bonds. The molecule has 0 N–H and O–H groups in total. The van der Waals surface area contributed by atoms with Crippen molar-refractivity contribution in [2.75, 3.05) is 18.0 Å². The van der Waals surface area contributed by atoms with Gasteiger partial charge in [-0.2, -0.15) is 0 Å². The molecule has 0 fully saturated rings. The van der Waals surface area contributed by atoms with Crippen molar-refractivity contribution in [1.29, 1.82) is 0 Å². The minimum absolute atomic E-state index is 0.0248. The molecule has 0 saturated heterocycles. The van der Waals surface area contributed by atoms with E-state index in [4.69, 9.17) is 0 Å². The Balaban J connectivity index is 1.66. The van der Waals surface area contributed by atoms with Crippen molar-refractivity contribution in [2.45, 2.75) is 65.5 Å². The maximum absolute atomic E-state index is 13.6. The Bertz CT molecular complexity index is 1080. The second kappa shape index (κ2) is 11.8. The summed E-state index contributed by atoms with van der Waals surface area (Å²) in [5.41, 5.74) is 5.08. The molecule has 5 heteroatoms. The fourth-order valence-corrected chi connectivity index (χ4v) is 4.78. The van der Waals surface area contributed by atoms with E-state index in [1.165, 1.54) is 42.5 Å². The molecule has 178 valence electrons. The van der Waals surface area contributed by atoms with Gasteiger partial charge >= 0.3 is 0 Å². The van der Waals surface area contributed by atoms with E-state index >= 15 is 0 Å². The van der Waals surface area contributed by atoms with Crippen LogP contribution in [-0.4, -0.2) is 33.9 Å². The van der Waals surface area contributed by atoms with Crippen molar-refractivity contribution >= 4 is 11.6 Å². The normalized spacial score (nSPS) is 15.6. The molecule has 0 atom stereocenters. The number of anilines is 1. The van der Waals surface area contributed by atoms with E-state index in [2.05, 4.69) is 69.5 Å². The van der Waals surface area contributed by atoms with Crippen molar-refractivity contribution < 1.29 is 4.79 Å². The Morgan fingerprint density at radius 3 is 2.29 bits per heavy atom. The quantitative estimate of drug-likeness (QED) is 0.478. The van der Waals surface area contributed by atoms with Crippen molar-refractivity contribution in [2.24, 2.45) is 0 Å². The van der Waals surface area contributed by atoms with E-state index < -0.39 is 0 Å². The maximum Gasteiger partial charge on any atom is 0.257 e. The number of carbonyl (C=O) groups is 1. The van der Waals surface area contributed by atoms with E-state index in [0.717, 1.165) is 38.2 Å². The zero-order chi connectivity index (χ0) is 23.8. The molecule has 0 radical (unpaired) electrons. The SMILES string of the molecule is Cc1ncc(C(=O)N2CCCCCCCCN(Cc3ccccc3)c3ccccc3C2)c(C)n1. The number of aromatic nitrogens is 2. The third-order valence-corrected chi connectivity index (χ3v) is 6.63. The number of benzene rings is 2. The predicted octanol–water partition coefficient (Wildman–Crippen LogP) is 6.10. The smallest absolute Gasteiger partial charge is 0.257 e. The molecule has 0 bridgehead atoms. The molecule has 1 aromatic heterocycles. The lowest BCUT2D eigenvalue weighted by Gasteiger charge is -2.30. The first-order valence-corrected chi connectivity index (χ1v) is 12.6. The summed E-state index contributed by atoms with van der Waals surface area (Å²) in [6.07, 6.45) is 8.77. The van der Waals surface area contributed by atoms with Crippen LogP contribution < -0.4 is 4.90 Å². The van der Waals surface area contributed by atoms with Crippen molar-refractivity contribution in [3.63, 3.8) is 0 Å². The van der Waals surface area contributed by atoms with Crippen LogP contribution in [0.15, 0.2) is 60.8 Å². The third-order valence-electron chi connectivity index (χ3n) is 6.63. The fourth-order valence-electron chi connectivity index (χ4n) is 4.78. The average Bonchev–Trinajstić information content (AvgIpc) is 2.86. The van der Waals surface area contributed by atoms with Gasteiger partial charge in [-0.3, -0.25) is 4.79 Å². The van der Waals surface area contributed by atoms with Crippen LogP contribution in [0.1, 0.15) is 71.5 Å². The summed E-state index contributed by atoms with van der Waals surface area (Å²) in [5, 5.41) is 0. The highest BCUT2D eigenvalue weighted by Crippen LogP contribution is 2.26. The standard InChI is InChI=1S/C29H36N4O/c1-23-27(20-30-24(2)31-23)29(34)33-19-13-6-4-3-5-12-18-32(21-25-14-8-7-9-15-25)28-17-11-10-16-26(28)22-33/h7-11,14-17,20H,3-6,12-13,18-19,21-22H2,1-2H3. The molecule has 4 rings (SSSR count). The molecule has 5 nitrogen and oxygen atoms in total. The molecular formula is C29H36N4O. The van der Waals surface area contributed by atoms with E-state index in [9.17, 15) is 4.79 Å². The number of para-hydroxylation sites is 1. The first-order valence-electron chi connectivity index (χ1n) is 12.6. The van der Waals surface area contributed by atoms with E-state index in [0.29, 0.717) is 17.9 Å². The van der Waals surface area contributed by atoms with Gasteiger partial charge < -0.3 is 9.80 Å². The molecule has 34 heavy (non-hydrogen) atoms. The number of hydrogen-bond acceptors (Lipinski definition) is 4. The van der Waals surface area contributed by atoms with Gasteiger partial charge in [0, 0.05) is 38.1 Å². The van der Waals surface area contributed by atoms with Gasteiger partial charge in [-0.15, -0.1) is 0 Å². The maximum atomic E-state index is 13.6. The Hall–Kier alpha value is -3.21. The van der Waals surface area contributed by atoms with Crippen molar-refractivity contribution in [3.8, 4) is 0 Å². The summed E-state index contributed by atoms with van der Waals surface area (Å²) in [6.45, 7) is 6.99. The number of hydrogen-bond donors (Lipinski definition) is 0. The lowest BCUT2D eigenvalue weighted by Crippen LogP contribution is -2.33. The van der Waals surface area contributed by atoms with Crippen molar-refractivity contribution in [1.82, 2.24) is 14.9 Å². The number of rotatable bonds is 3. The number of nitrogens with zero attached hydrogens (tertiary/aromatic N) is 4. The highest BCUT2D eigenvalue weighted by Gasteiger charge is 2.22. The monoisotopic (exact) mass is 456 g/mol. The largest absolute Gasteiger partial charge is 0.367 e. The predicted molar refractivity (Wildman–Crippen MR) is 138 cm³/mol. The Kier molecular flexibility index (Phi) is 8.29. The summed E-state index contributed by atoms with van der Waals surface area (Å²) in [4.78, 5) is 26.9. The minimum atomic E-state index is 0.0248. The summed E-state index contributed by atoms with van der Waals surface area (Å²) in [5.74, 6) is 0.720. The van der Waals surface area contributed by atoms with Gasteiger partial charge in [0.2, 0.25) is 0 Å². The van der Waals surface area contributed by atoms with Crippen LogP contribution in [0.5, 0.6) is 0 Å². The number of carbonyl (C=O) groups excluding carboxylic acids is 1. The van der Waals surface area contributed by atoms with Gasteiger partial charge in [0.1, 0.15) is 5.82 Å². The summed E-state index contributed by atoms with van der Waals surface area (Å²) in [7, 11) is 0. The van der Waals surface area contributed by atoms with Crippen LogP contribution in [0.3, 0.4) is 0 Å². The summed E-state index contributed by atoms with van der Waals surface area (Å²) in [6, 6.07) is 19.2. The lowest BCUT2D eigenvalue weighted by atomic mass is 10.1. The minimum Gasteiger partial charge on any atom is -0.367 e. The summed E-state index contributed by atoms with van der Waals surface area (Å²) < 4.78 is 0. The van der Waals surface area contributed by atoms with Gasteiger partial charge in [-0.25, -0.2) is 9.97 Å². The molecule has 0 unspecified atom stereocenters. The average molecular weight is 457 g/mol. The zero-order valence-corrected chi connectivity index (χ0v) is 20.5.